The molecule has 0 fully saturated rings. The van der Waals surface area contributed by atoms with E-state index in [4.69, 9.17) is 11.0 Å². The normalized spacial score (nSPS) is 10.6. The average Bonchev–Trinajstić information content (AvgIpc) is 2.66. The molecule has 1 aromatic heterocycles. The van der Waals surface area contributed by atoms with Gasteiger partial charge in [-0.2, -0.15) is 17.0 Å². The lowest BCUT2D eigenvalue weighted by Gasteiger charge is -2.05. The van der Waals surface area contributed by atoms with Crippen molar-refractivity contribution in [1.29, 1.82) is 5.26 Å². The Bertz CT molecular complexity index is 568. The number of anilines is 1. The lowest BCUT2D eigenvalue weighted by atomic mass is 10.2. The number of fused-ring (bicyclic) bond motifs is 1. The minimum absolute atomic E-state index is 0.490. The summed E-state index contributed by atoms with van der Waals surface area (Å²) in [7, 11) is 0. The highest BCUT2D eigenvalue weighted by atomic mass is 32.2. The van der Waals surface area contributed by atoms with Crippen molar-refractivity contribution in [2.24, 2.45) is 0 Å². The first-order valence-electron chi connectivity index (χ1n) is 5.41. The van der Waals surface area contributed by atoms with Gasteiger partial charge in [-0.05, 0) is 30.6 Å². The van der Waals surface area contributed by atoms with Crippen molar-refractivity contribution in [2.45, 2.75) is 13.0 Å². The van der Waals surface area contributed by atoms with Crippen LogP contribution in [0.4, 0.5) is 5.95 Å². The number of nitrogens with two attached hydrogens (primary N) is 1. The molecule has 0 bridgehead atoms. The number of aromatic nitrogens is 2. The summed E-state index contributed by atoms with van der Waals surface area (Å²) in [6.07, 6.45) is 3.14. The third kappa shape index (κ3) is 2.22. The van der Waals surface area contributed by atoms with Crippen molar-refractivity contribution in [1.82, 2.24) is 9.55 Å². The van der Waals surface area contributed by atoms with E-state index in [0.29, 0.717) is 17.0 Å². The van der Waals surface area contributed by atoms with Crippen molar-refractivity contribution in [3.05, 3.63) is 23.8 Å². The Morgan fingerprint density at radius 2 is 2.35 bits per heavy atom. The van der Waals surface area contributed by atoms with E-state index in [1.165, 1.54) is 0 Å². The van der Waals surface area contributed by atoms with Crippen LogP contribution in [0.5, 0.6) is 0 Å². The lowest BCUT2D eigenvalue weighted by molar-refractivity contribution is 0.712. The summed E-state index contributed by atoms with van der Waals surface area (Å²) in [6.45, 7) is 0.845. The van der Waals surface area contributed by atoms with Gasteiger partial charge in [-0.3, -0.25) is 0 Å². The van der Waals surface area contributed by atoms with Gasteiger partial charge in [0.2, 0.25) is 5.95 Å². The Labute approximate surface area is 104 Å². The van der Waals surface area contributed by atoms with E-state index < -0.39 is 0 Å². The van der Waals surface area contributed by atoms with Gasteiger partial charge in [0.25, 0.3) is 0 Å². The zero-order chi connectivity index (χ0) is 12.3. The fourth-order valence-electron chi connectivity index (χ4n) is 1.86. The van der Waals surface area contributed by atoms with E-state index in [1.54, 1.807) is 6.07 Å². The molecule has 4 nitrogen and oxygen atoms in total. The zero-order valence-corrected chi connectivity index (χ0v) is 10.5. The largest absolute Gasteiger partial charge is 0.369 e. The molecule has 0 aliphatic rings. The minimum atomic E-state index is 0.490. The quantitative estimate of drug-likeness (QED) is 0.840. The van der Waals surface area contributed by atoms with Crippen LogP contribution in [0.1, 0.15) is 12.0 Å². The molecule has 0 aliphatic heterocycles. The molecular weight excluding hydrogens is 232 g/mol. The molecule has 0 unspecified atom stereocenters. The van der Waals surface area contributed by atoms with E-state index in [-0.39, 0.29) is 0 Å². The molecule has 2 aromatic rings. The van der Waals surface area contributed by atoms with Crippen molar-refractivity contribution in [3.8, 4) is 6.07 Å². The van der Waals surface area contributed by atoms with Crippen molar-refractivity contribution >= 4 is 28.7 Å². The first-order valence-corrected chi connectivity index (χ1v) is 6.81. The summed E-state index contributed by atoms with van der Waals surface area (Å²) in [6, 6.07) is 7.73. The molecule has 2 N–H and O–H groups in total. The molecule has 0 spiro atoms. The number of nitriles is 1. The lowest BCUT2D eigenvalue weighted by Crippen LogP contribution is -2.04. The van der Waals surface area contributed by atoms with E-state index in [2.05, 4.69) is 17.3 Å². The van der Waals surface area contributed by atoms with Gasteiger partial charge in [0.1, 0.15) is 11.6 Å². The van der Waals surface area contributed by atoms with Gasteiger partial charge in [-0.15, -0.1) is 0 Å². The van der Waals surface area contributed by atoms with Crippen LogP contribution in [0.25, 0.3) is 11.0 Å². The molecule has 0 saturated carbocycles. The third-order valence-electron chi connectivity index (χ3n) is 2.66. The van der Waals surface area contributed by atoms with Crippen molar-refractivity contribution < 1.29 is 0 Å². The second-order valence-corrected chi connectivity index (χ2v) is 4.74. The summed E-state index contributed by atoms with van der Waals surface area (Å²) in [5.74, 6) is 1.58. The molecule has 0 saturated heterocycles. The maximum absolute atomic E-state index is 9.01. The SMILES string of the molecule is CSCCCn1c(N)nc2c(C#N)cccc21. The maximum atomic E-state index is 9.01. The number of aryl methyl sites for hydroxylation is 1. The van der Waals surface area contributed by atoms with Gasteiger partial charge in [-0.1, -0.05) is 6.07 Å². The first-order chi connectivity index (χ1) is 8.27. The fourth-order valence-corrected chi connectivity index (χ4v) is 2.27. The Morgan fingerprint density at radius 3 is 3.06 bits per heavy atom. The molecule has 2 rings (SSSR count). The highest BCUT2D eigenvalue weighted by Crippen LogP contribution is 2.21. The van der Waals surface area contributed by atoms with E-state index in [1.807, 2.05) is 28.5 Å². The Morgan fingerprint density at radius 1 is 1.53 bits per heavy atom. The summed E-state index contributed by atoms with van der Waals surface area (Å²) in [4.78, 5) is 4.27. The van der Waals surface area contributed by atoms with Crippen LogP contribution in [0, 0.1) is 11.3 Å². The first kappa shape index (κ1) is 11.8. The van der Waals surface area contributed by atoms with E-state index in [9.17, 15) is 0 Å². The fraction of sp³-hybridized carbons (Fsp3) is 0.333. The number of hydrogen-bond donors (Lipinski definition) is 1. The second kappa shape index (κ2) is 5.11. The number of thioether (sulfide) groups is 1. The van der Waals surface area contributed by atoms with Crippen LogP contribution >= 0.6 is 11.8 Å². The third-order valence-corrected chi connectivity index (χ3v) is 3.36. The van der Waals surface area contributed by atoms with Gasteiger partial charge in [0, 0.05) is 6.54 Å². The predicted octanol–water partition coefficient (Wildman–Crippen LogP) is 2.24. The molecule has 0 radical (unpaired) electrons. The van der Waals surface area contributed by atoms with Gasteiger partial charge in [0.15, 0.2) is 0 Å². The van der Waals surface area contributed by atoms with Crippen LogP contribution in [0.3, 0.4) is 0 Å². The smallest absolute Gasteiger partial charge is 0.201 e. The van der Waals surface area contributed by atoms with Crippen molar-refractivity contribution in [2.75, 3.05) is 17.7 Å². The molecule has 0 aliphatic carbocycles. The van der Waals surface area contributed by atoms with Crippen LogP contribution in [-0.2, 0) is 6.54 Å². The number of nitrogen functional groups attached to an aromatic ring is 1. The number of rotatable bonds is 4. The number of hydrogen-bond acceptors (Lipinski definition) is 4. The summed E-state index contributed by atoms with van der Waals surface area (Å²) in [5, 5.41) is 9.01. The van der Waals surface area contributed by atoms with Gasteiger partial charge < -0.3 is 10.3 Å². The molecule has 1 aromatic carbocycles. The number of imidazole rings is 1. The van der Waals surface area contributed by atoms with Crippen LogP contribution in [0.2, 0.25) is 0 Å². The molecule has 1 heterocycles. The van der Waals surface area contributed by atoms with Crippen molar-refractivity contribution in [3.63, 3.8) is 0 Å². The summed E-state index contributed by atoms with van der Waals surface area (Å²) >= 11 is 1.82. The molecule has 88 valence electrons. The number of para-hydroxylation sites is 1. The average molecular weight is 246 g/mol. The highest BCUT2D eigenvalue weighted by Gasteiger charge is 2.10. The predicted molar refractivity (Wildman–Crippen MR) is 71.9 cm³/mol. The monoisotopic (exact) mass is 246 g/mol. The van der Waals surface area contributed by atoms with Gasteiger partial charge in [0.05, 0.1) is 11.1 Å². The molecule has 0 amide bonds. The summed E-state index contributed by atoms with van der Waals surface area (Å²) in [5.41, 5.74) is 8.13. The Hall–Kier alpha value is -1.67. The number of benzene rings is 1. The van der Waals surface area contributed by atoms with Crippen LogP contribution in [0.15, 0.2) is 18.2 Å². The highest BCUT2D eigenvalue weighted by molar-refractivity contribution is 7.98. The zero-order valence-electron chi connectivity index (χ0n) is 9.68. The topological polar surface area (TPSA) is 67.6 Å². The number of nitrogens with zero attached hydrogens (tertiary/aromatic N) is 3. The summed E-state index contributed by atoms with van der Waals surface area (Å²) < 4.78 is 1.98. The van der Waals surface area contributed by atoms with Crippen LogP contribution in [-0.4, -0.2) is 21.6 Å². The van der Waals surface area contributed by atoms with E-state index >= 15 is 0 Å². The Balaban J connectivity index is 2.42. The standard InChI is InChI=1S/C12H14N4S/c1-17-7-3-6-16-10-5-2-4-9(8-13)11(10)15-12(16)14/h2,4-5H,3,6-7H2,1H3,(H2,14,15). The maximum Gasteiger partial charge on any atom is 0.201 e. The molecule has 17 heavy (non-hydrogen) atoms. The second-order valence-electron chi connectivity index (χ2n) is 3.75. The molecule has 5 heteroatoms. The van der Waals surface area contributed by atoms with Gasteiger partial charge in [-0.25, -0.2) is 4.98 Å². The van der Waals surface area contributed by atoms with E-state index in [0.717, 1.165) is 24.2 Å². The Kier molecular flexibility index (Phi) is 3.55. The van der Waals surface area contributed by atoms with Crippen LogP contribution < -0.4 is 5.73 Å². The van der Waals surface area contributed by atoms with Gasteiger partial charge >= 0.3 is 0 Å². The minimum Gasteiger partial charge on any atom is -0.369 e. The molecular formula is C12H14N4S. The molecule has 0 atom stereocenters.